The molecule has 1 aliphatic heterocycles. The molecule has 0 saturated carbocycles. The number of rotatable bonds is 7. The number of aryl methyl sites for hydroxylation is 1. The number of methoxy groups -OCH3 is 3. The first-order valence-electron chi connectivity index (χ1n) is 9.47. The van der Waals surface area contributed by atoms with Crippen LogP contribution in [-0.2, 0) is 6.42 Å². The molecule has 0 N–H and O–H groups in total. The zero-order valence-corrected chi connectivity index (χ0v) is 16.8. The van der Waals surface area contributed by atoms with E-state index in [2.05, 4.69) is 41.0 Å². The van der Waals surface area contributed by atoms with Crippen LogP contribution in [0.15, 0.2) is 36.4 Å². The lowest BCUT2D eigenvalue weighted by Gasteiger charge is -2.36. The van der Waals surface area contributed by atoms with E-state index in [0.717, 1.165) is 50.6 Å². The van der Waals surface area contributed by atoms with Crippen LogP contribution in [0.1, 0.15) is 11.1 Å². The molecule has 27 heavy (non-hydrogen) atoms. The number of anilines is 1. The van der Waals surface area contributed by atoms with Gasteiger partial charge in [0.1, 0.15) is 0 Å². The largest absolute Gasteiger partial charge is 0.493 e. The minimum Gasteiger partial charge on any atom is -0.493 e. The summed E-state index contributed by atoms with van der Waals surface area (Å²) in [5.41, 5.74) is 3.83. The molecular formula is C22H30N2O3. The number of benzene rings is 2. The van der Waals surface area contributed by atoms with Crippen molar-refractivity contribution in [2.75, 3.05) is 59.0 Å². The first-order valence-corrected chi connectivity index (χ1v) is 9.47. The van der Waals surface area contributed by atoms with E-state index < -0.39 is 0 Å². The zero-order valence-electron chi connectivity index (χ0n) is 16.8. The van der Waals surface area contributed by atoms with E-state index in [4.69, 9.17) is 14.2 Å². The Bertz CT molecular complexity index is 713. The van der Waals surface area contributed by atoms with Gasteiger partial charge in [0.15, 0.2) is 11.5 Å². The van der Waals surface area contributed by atoms with Gasteiger partial charge in [-0.25, -0.2) is 0 Å². The lowest BCUT2D eigenvalue weighted by Crippen LogP contribution is -2.47. The van der Waals surface area contributed by atoms with Gasteiger partial charge < -0.3 is 19.1 Å². The van der Waals surface area contributed by atoms with Crippen LogP contribution in [0.5, 0.6) is 17.2 Å². The summed E-state index contributed by atoms with van der Waals surface area (Å²) in [6.07, 6.45) is 0.960. The highest BCUT2D eigenvalue weighted by atomic mass is 16.5. The monoisotopic (exact) mass is 370 g/mol. The van der Waals surface area contributed by atoms with Gasteiger partial charge in [0.25, 0.3) is 0 Å². The van der Waals surface area contributed by atoms with Crippen molar-refractivity contribution in [2.24, 2.45) is 0 Å². The van der Waals surface area contributed by atoms with Crippen molar-refractivity contribution in [3.8, 4) is 17.2 Å². The van der Waals surface area contributed by atoms with Gasteiger partial charge in [0.05, 0.1) is 21.3 Å². The van der Waals surface area contributed by atoms with Crippen molar-refractivity contribution in [3.63, 3.8) is 0 Å². The maximum absolute atomic E-state index is 5.46. The van der Waals surface area contributed by atoms with Crippen LogP contribution < -0.4 is 19.1 Å². The second kappa shape index (κ2) is 9.00. The molecule has 1 saturated heterocycles. The molecule has 2 aromatic rings. The van der Waals surface area contributed by atoms with Crippen molar-refractivity contribution < 1.29 is 14.2 Å². The molecule has 5 nitrogen and oxygen atoms in total. The third-order valence-electron chi connectivity index (χ3n) is 5.21. The van der Waals surface area contributed by atoms with E-state index >= 15 is 0 Å². The van der Waals surface area contributed by atoms with Crippen molar-refractivity contribution in [1.82, 2.24) is 4.90 Å². The molecule has 3 rings (SSSR count). The number of ether oxygens (including phenoxy) is 3. The van der Waals surface area contributed by atoms with Crippen LogP contribution in [0.2, 0.25) is 0 Å². The Morgan fingerprint density at radius 3 is 1.93 bits per heavy atom. The quantitative estimate of drug-likeness (QED) is 0.746. The van der Waals surface area contributed by atoms with Crippen LogP contribution >= 0.6 is 0 Å². The molecule has 0 aromatic heterocycles. The van der Waals surface area contributed by atoms with Gasteiger partial charge >= 0.3 is 0 Å². The van der Waals surface area contributed by atoms with Crippen LogP contribution in [0.3, 0.4) is 0 Å². The second-order valence-electron chi connectivity index (χ2n) is 6.95. The molecule has 1 aliphatic rings. The Kier molecular flexibility index (Phi) is 6.45. The lowest BCUT2D eigenvalue weighted by molar-refractivity contribution is 0.260. The number of hydrogen-bond donors (Lipinski definition) is 0. The minimum absolute atomic E-state index is 0.649. The van der Waals surface area contributed by atoms with Crippen LogP contribution in [0.25, 0.3) is 0 Å². The summed E-state index contributed by atoms with van der Waals surface area (Å²) < 4.78 is 16.3. The maximum Gasteiger partial charge on any atom is 0.203 e. The number of nitrogens with zero attached hydrogens (tertiary/aromatic N) is 2. The molecule has 0 amide bonds. The van der Waals surface area contributed by atoms with Crippen molar-refractivity contribution in [2.45, 2.75) is 13.3 Å². The highest BCUT2D eigenvalue weighted by Crippen LogP contribution is 2.38. The summed E-state index contributed by atoms with van der Waals surface area (Å²) in [4.78, 5) is 4.99. The van der Waals surface area contributed by atoms with E-state index in [-0.39, 0.29) is 0 Å². The SMILES string of the molecule is COc1cc(CCN2CCN(c3ccc(C)cc3)CC2)cc(OC)c1OC. The number of hydrogen-bond acceptors (Lipinski definition) is 5. The molecule has 1 fully saturated rings. The van der Waals surface area contributed by atoms with E-state index in [0.29, 0.717) is 5.75 Å². The predicted molar refractivity (Wildman–Crippen MR) is 110 cm³/mol. The molecule has 5 heteroatoms. The normalized spacial score (nSPS) is 14.9. The molecule has 2 aromatic carbocycles. The summed E-state index contributed by atoms with van der Waals surface area (Å²) in [7, 11) is 4.95. The standard InChI is InChI=1S/C22H30N2O3/c1-17-5-7-19(8-6-17)24-13-11-23(12-14-24)10-9-18-15-20(25-2)22(27-4)21(16-18)26-3/h5-8,15-16H,9-14H2,1-4H3. The Balaban J connectivity index is 1.56. The van der Waals surface area contributed by atoms with Gasteiger partial charge in [0, 0.05) is 38.4 Å². The summed E-state index contributed by atoms with van der Waals surface area (Å²) >= 11 is 0. The molecule has 0 unspecified atom stereocenters. The minimum atomic E-state index is 0.649. The molecule has 146 valence electrons. The van der Waals surface area contributed by atoms with E-state index in [1.165, 1.54) is 16.8 Å². The Morgan fingerprint density at radius 2 is 1.41 bits per heavy atom. The maximum atomic E-state index is 5.46. The topological polar surface area (TPSA) is 34.2 Å². The fourth-order valence-corrected chi connectivity index (χ4v) is 3.55. The van der Waals surface area contributed by atoms with Gasteiger partial charge in [-0.1, -0.05) is 17.7 Å². The average Bonchev–Trinajstić information content (AvgIpc) is 2.72. The summed E-state index contributed by atoms with van der Waals surface area (Å²) in [6.45, 7) is 7.46. The second-order valence-corrected chi connectivity index (χ2v) is 6.95. The highest BCUT2D eigenvalue weighted by Gasteiger charge is 2.18. The summed E-state index contributed by atoms with van der Waals surface area (Å²) in [5, 5.41) is 0. The highest BCUT2D eigenvalue weighted by molar-refractivity contribution is 5.54. The summed E-state index contributed by atoms with van der Waals surface area (Å²) in [6, 6.07) is 12.9. The third kappa shape index (κ3) is 4.66. The average molecular weight is 370 g/mol. The molecule has 0 radical (unpaired) electrons. The van der Waals surface area contributed by atoms with Gasteiger partial charge in [-0.2, -0.15) is 0 Å². The van der Waals surface area contributed by atoms with Crippen molar-refractivity contribution in [1.29, 1.82) is 0 Å². The molecule has 0 aliphatic carbocycles. The van der Waals surface area contributed by atoms with E-state index in [1.54, 1.807) is 21.3 Å². The molecular weight excluding hydrogens is 340 g/mol. The molecule has 0 bridgehead atoms. The first kappa shape index (κ1) is 19.4. The van der Waals surface area contributed by atoms with Gasteiger partial charge in [-0.15, -0.1) is 0 Å². The smallest absolute Gasteiger partial charge is 0.203 e. The molecule has 1 heterocycles. The predicted octanol–water partition coefficient (Wildman–Crippen LogP) is 3.39. The lowest BCUT2D eigenvalue weighted by atomic mass is 10.1. The Hall–Kier alpha value is -2.40. The Labute approximate surface area is 162 Å². The van der Waals surface area contributed by atoms with Crippen LogP contribution in [0, 0.1) is 6.92 Å². The molecule has 0 spiro atoms. The zero-order chi connectivity index (χ0) is 19.2. The third-order valence-corrected chi connectivity index (χ3v) is 5.21. The van der Waals surface area contributed by atoms with Gasteiger partial charge in [-0.05, 0) is 43.2 Å². The van der Waals surface area contributed by atoms with Crippen molar-refractivity contribution >= 4 is 5.69 Å². The van der Waals surface area contributed by atoms with E-state index in [9.17, 15) is 0 Å². The fraction of sp³-hybridized carbons (Fsp3) is 0.455. The Morgan fingerprint density at radius 1 is 0.815 bits per heavy atom. The fourth-order valence-electron chi connectivity index (χ4n) is 3.55. The molecule has 0 atom stereocenters. The number of piperazine rings is 1. The van der Waals surface area contributed by atoms with Crippen molar-refractivity contribution in [3.05, 3.63) is 47.5 Å². The van der Waals surface area contributed by atoms with Gasteiger partial charge in [-0.3, -0.25) is 4.90 Å². The van der Waals surface area contributed by atoms with Crippen LogP contribution in [0.4, 0.5) is 5.69 Å². The van der Waals surface area contributed by atoms with E-state index in [1.807, 2.05) is 12.1 Å². The van der Waals surface area contributed by atoms with Gasteiger partial charge in [0.2, 0.25) is 5.75 Å². The van der Waals surface area contributed by atoms with Crippen LogP contribution in [-0.4, -0.2) is 59.0 Å². The summed E-state index contributed by atoms with van der Waals surface area (Å²) in [5.74, 6) is 2.09. The first-order chi connectivity index (χ1) is 13.1.